The number of rotatable bonds is 10. The van der Waals surface area contributed by atoms with Crippen molar-refractivity contribution in [3.05, 3.63) is 0 Å². The first kappa shape index (κ1) is 30.7. The Labute approximate surface area is 237 Å². The molecular weight excluding hydrogens is 637 g/mol. The number of esters is 3. The quantitative estimate of drug-likeness (QED) is 0.185. The van der Waals surface area contributed by atoms with Crippen LogP contribution in [0.3, 0.4) is 0 Å². The summed E-state index contributed by atoms with van der Waals surface area (Å²) in [6.45, 7) is -5.50. The largest absolute Gasteiger partial charge is 0.474 e. The normalized spacial score (nSPS) is 43.4. The van der Waals surface area contributed by atoms with Crippen LogP contribution in [0, 0.1) is 21.7 Å². The van der Waals surface area contributed by atoms with Crippen LogP contribution in [0.2, 0.25) is 0 Å². The number of fused-ring (bicyclic) bond motifs is 9. The van der Waals surface area contributed by atoms with Gasteiger partial charge in [0.2, 0.25) is 0 Å². The second-order valence-corrected chi connectivity index (χ2v) is 16.0. The predicted octanol–water partition coefficient (Wildman–Crippen LogP) is 0.109. The molecule has 0 amide bonds. The maximum absolute atomic E-state index is 13.1. The third-order valence-electron chi connectivity index (χ3n) is 7.65. The summed E-state index contributed by atoms with van der Waals surface area (Å²) in [6.07, 6.45) is 0. The number of carbonyl (C=O) groups is 3. The summed E-state index contributed by atoms with van der Waals surface area (Å²) in [4.78, 5) is 39.2. The molecule has 0 radical (unpaired) electrons. The van der Waals surface area contributed by atoms with Crippen molar-refractivity contribution < 1.29 is 88.1 Å². The van der Waals surface area contributed by atoms with Crippen LogP contribution in [-0.4, -0.2) is 109 Å². The molecular formula is C20H27O19P3. The third-order valence-corrected chi connectivity index (χ3v) is 11.7. The van der Waals surface area contributed by atoms with Gasteiger partial charge in [-0.05, 0) is 0 Å². The molecule has 0 aromatic heterocycles. The first-order valence-corrected chi connectivity index (χ1v) is 16.9. The number of phosphoric ester groups is 3. The molecule has 1 N–H and O–H groups in total. The van der Waals surface area contributed by atoms with Gasteiger partial charge in [0.25, 0.3) is 0 Å². The first-order chi connectivity index (χ1) is 19.8. The summed E-state index contributed by atoms with van der Waals surface area (Å²) in [6, 6.07) is 0. The summed E-state index contributed by atoms with van der Waals surface area (Å²) in [5.74, 6) is -2.67. The molecule has 0 aromatic rings. The molecule has 0 aromatic carbocycles. The van der Waals surface area contributed by atoms with Crippen molar-refractivity contribution in [1.82, 2.24) is 0 Å². The van der Waals surface area contributed by atoms with Crippen LogP contribution in [0.15, 0.2) is 0 Å². The van der Waals surface area contributed by atoms with E-state index in [1.807, 2.05) is 0 Å². The van der Waals surface area contributed by atoms with Crippen molar-refractivity contribution in [3.63, 3.8) is 0 Å². The molecule has 9 aliphatic rings. The van der Waals surface area contributed by atoms with Crippen LogP contribution in [0.1, 0.15) is 0 Å². The predicted molar refractivity (Wildman–Crippen MR) is 126 cm³/mol. The Morgan fingerprint density at radius 2 is 0.738 bits per heavy atom. The maximum atomic E-state index is 13.1. The minimum Gasteiger partial charge on any atom is -0.464 e. The van der Waals surface area contributed by atoms with Gasteiger partial charge >= 0.3 is 41.4 Å². The van der Waals surface area contributed by atoms with Crippen molar-refractivity contribution in [1.29, 1.82) is 0 Å². The number of hydrogen-bond donors (Lipinski definition) is 1. The van der Waals surface area contributed by atoms with E-state index in [1.165, 1.54) is 0 Å². The maximum Gasteiger partial charge on any atom is 0.474 e. The Balaban J connectivity index is 1.15. The van der Waals surface area contributed by atoms with Crippen LogP contribution in [0.4, 0.5) is 0 Å². The number of phosphoric acid groups is 3. The van der Waals surface area contributed by atoms with E-state index in [4.69, 9.17) is 54.9 Å². The van der Waals surface area contributed by atoms with E-state index in [0.717, 1.165) is 0 Å². The SMILES string of the molecule is O=C(OCC(CO)(COC(=O)C12COP(=O)(OC1)OC2)COC(=O)C12COP(=O)(OC1)OC2)C12COP(=O)(OC1)OC2. The summed E-state index contributed by atoms with van der Waals surface area (Å²) < 4.78 is 97.7. The Morgan fingerprint density at radius 3 is 0.929 bits per heavy atom. The van der Waals surface area contributed by atoms with Gasteiger partial charge in [-0.1, -0.05) is 0 Å². The Morgan fingerprint density at radius 1 is 0.524 bits per heavy atom. The number of aliphatic hydroxyl groups excluding tert-OH is 1. The molecule has 6 bridgehead atoms. The molecule has 0 unspecified atom stereocenters. The molecule has 9 saturated heterocycles. The van der Waals surface area contributed by atoms with Gasteiger partial charge < -0.3 is 19.3 Å². The number of carbonyl (C=O) groups excluding carboxylic acids is 3. The molecule has 0 spiro atoms. The topological polar surface area (TPSA) is 233 Å². The fraction of sp³-hybridized carbons (Fsp3) is 0.850. The molecule has 0 saturated carbocycles. The number of aliphatic hydroxyl groups is 1. The fourth-order valence-corrected chi connectivity index (χ4v) is 8.76. The standard InChI is InChI=1S/C20H27O19P3/c21-1-17(2-28-14(22)18-5-31-40(25,32-6-18)33-7-18,3-29-15(23)19-8-34-41(26,35-9-19)36-10-19)4-30-16(24)20-11-37-42(27,38-12-20)39-13-20/h21H,1-13H2. The van der Waals surface area contributed by atoms with Crippen LogP contribution in [0.25, 0.3) is 0 Å². The summed E-state index contributed by atoms with van der Waals surface area (Å²) in [5.41, 5.74) is -6.07. The minimum atomic E-state index is -3.72. The van der Waals surface area contributed by atoms with Gasteiger partial charge in [0.15, 0.2) is 0 Å². The van der Waals surface area contributed by atoms with E-state index in [1.54, 1.807) is 0 Å². The first-order valence-electron chi connectivity index (χ1n) is 12.5. The van der Waals surface area contributed by atoms with Crippen molar-refractivity contribution in [2.45, 2.75) is 0 Å². The zero-order valence-corrected chi connectivity index (χ0v) is 24.5. The van der Waals surface area contributed by atoms with Crippen LogP contribution in [0.5, 0.6) is 0 Å². The van der Waals surface area contributed by atoms with E-state index in [-0.39, 0.29) is 59.5 Å². The summed E-state index contributed by atoms with van der Waals surface area (Å²) in [5, 5.41) is 10.4. The molecule has 0 atom stereocenters. The monoisotopic (exact) mass is 664 g/mol. The van der Waals surface area contributed by atoms with E-state index < -0.39 is 89.5 Å². The van der Waals surface area contributed by atoms with Gasteiger partial charge in [-0.3, -0.25) is 55.1 Å². The highest BCUT2D eigenvalue weighted by molar-refractivity contribution is 7.49. The number of hydrogen-bond acceptors (Lipinski definition) is 19. The van der Waals surface area contributed by atoms with Crippen LogP contribution < -0.4 is 0 Å². The molecule has 42 heavy (non-hydrogen) atoms. The highest BCUT2D eigenvalue weighted by Gasteiger charge is 2.59. The molecule has 9 fully saturated rings. The number of ether oxygens (including phenoxy) is 3. The molecule has 236 valence electrons. The van der Waals surface area contributed by atoms with Crippen LogP contribution >= 0.6 is 23.5 Å². The van der Waals surface area contributed by atoms with E-state index >= 15 is 0 Å². The third kappa shape index (κ3) is 5.42. The van der Waals surface area contributed by atoms with E-state index in [9.17, 15) is 33.2 Å². The smallest absolute Gasteiger partial charge is 0.464 e. The lowest BCUT2D eigenvalue weighted by molar-refractivity contribution is -0.195. The van der Waals surface area contributed by atoms with Gasteiger partial charge in [-0.2, -0.15) is 0 Å². The second-order valence-electron chi connectivity index (χ2n) is 11.0. The Bertz CT molecular complexity index is 1050. The zero-order chi connectivity index (χ0) is 29.9. The van der Waals surface area contributed by atoms with Gasteiger partial charge in [-0.15, -0.1) is 0 Å². The molecule has 19 nitrogen and oxygen atoms in total. The second kappa shape index (κ2) is 10.7. The van der Waals surface area contributed by atoms with Gasteiger partial charge in [0.1, 0.15) is 36.1 Å². The van der Waals surface area contributed by atoms with Crippen LogP contribution in [-0.2, 0) is 83.0 Å². The van der Waals surface area contributed by atoms with Crippen molar-refractivity contribution in [2.75, 3.05) is 85.9 Å². The van der Waals surface area contributed by atoms with Crippen molar-refractivity contribution in [3.8, 4) is 0 Å². The van der Waals surface area contributed by atoms with Gasteiger partial charge in [0.05, 0.1) is 71.5 Å². The van der Waals surface area contributed by atoms with Gasteiger partial charge in [-0.25, -0.2) is 13.7 Å². The van der Waals surface area contributed by atoms with Gasteiger partial charge in [0, 0.05) is 0 Å². The average molecular weight is 664 g/mol. The van der Waals surface area contributed by atoms with E-state index in [0.29, 0.717) is 0 Å². The summed E-state index contributed by atoms with van der Waals surface area (Å²) in [7, 11) is -11.2. The van der Waals surface area contributed by atoms with Crippen molar-refractivity contribution in [2.24, 2.45) is 21.7 Å². The highest BCUT2D eigenvalue weighted by atomic mass is 31.2. The Kier molecular flexibility index (Phi) is 7.79. The molecule has 9 heterocycles. The molecule has 0 aliphatic carbocycles. The van der Waals surface area contributed by atoms with E-state index in [2.05, 4.69) is 0 Å². The fourth-order valence-electron chi connectivity index (χ4n) is 4.44. The Hall–Kier alpha value is -1.30. The average Bonchev–Trinajstić information content (AvgIpc) is 3.02. The minimum absolute atomic E-state index is 0.308. The molecule has 22 heteroatoms. The van der Waals surface area contributed by atoms with Crippen molar-refractivity contribution >= 4 is 41.4 Å². The lowest BCUT2D eigenvalue weighted by Gasteiger charge is -2.44. The summed E-state index contributed by atoms with van der Waals surface area (Å²) >= 11 is 0. The highest BCUT2D eigenvalue weighted by Crippen LogP contribution is 2.62. The molecule has 9 rings (SSSR count). The zero-order valence-electron chi connectivity index (χ0n) is 21.8. The lowest BCUT2D eigenvalue weighted by atomic mass is 9.88. The lowest BCUT2D eigenvalue weighted by Crippen LogP contribution is -2.54. The molecule has 9 aliphatic heterocycles.